The predicted octanol–water partition coefficient (Wildman–Crippen LogP) is 1.84. The molecule has 6 heteroatoms. The molecule has 0 saturated carbocycles. The number of nitrogen functional groups attached to an aromatic ring is 1. The molecule has 0 fully saturated rings. The van der Waals surface area contributed by atoms with Crippen LogP contribution in [0.2, 0.25) is 0 Å². The number of fused-ring (bicyclic) bond motifs is 1. The highest BCUT2D eigenvalue weighted by molar-refractivity contribution is 7.14. The van der Waals surface area contributed by atoms with Gasteiger partial charge in [-0.25, -0.2) is 0 Å². The molecule has 5 nitrogen and oxygen atoms in total. The Bertz CT molecular complexity index is 593. The van der Waals surface area contributed by atoms with E-state index in [1.807, 2.05) is 0 Å². The predicted molar refractivity (Wildman–Crippen MR) is 79.9 cm³/mol. The van der Waals surface area contributed by atoms with Crippen molar-refractivity contribution in [1.82, 2.24) is 15.1 Å². The second-order valence-electron chi connectivity index (χ2n) is 5.06. The third-order valence-corrected chi connectivity index (χ3v) is 4.74. The van der Waals surface area contributed by atoms with E-state index in [9.17, 15) is 4.79 Å². The molecule has 2 heterocycles. The van der Waals surface area contributed by atoms with E-state index < -0.39 is 0 Å². The molecule has 0 aliphatic heterocycles. The summed E-state index contributed by atoms with van der Waals surface area (Å²) in [5.74, 6) is 0.0181. The first kappa shape index (κ1) is 13.2. The van der Waals surface area contributed by atoms with Crippen molar-refractivity contribution in [3.8, 4) is 0 Å². The van der Waals surface area contributed by atoms with Gasteiger partial charge in [-0.1, -0.05) is 0 Å². The standard InChI is InChI=1S/C14H18N4OS/c15-11-8-17-18(9-11)6-5-16-14(19)13-7-10-3-1-2-4-12(10)20-13/h7-9H,1-6,15H2,(H,16,19). The number of nitrogens with zero attached hydrogens (tertiary/aromatic N) is 2. The number of amides is 1. The summed E-state index contributed by atoms with van der Waals surface area (Å²) in [5.41, 5.74) is 7.60. The van der Waals surface area contributed by atoms with Crippen LogP contribution in [0.4, 0.5) is 5.69 Å². The lowest BCUT2D eigenvalue weighted by Gasteiger charge is -2.08. The molecule has 0 unspecified atom stereocenters. The summed E-state index contributed by atoms with van der Waals surface area (Å²) in [6.45, 7) is 1.19. The summed E-state index contributed by atoms with van der Waals surface area (Å²) in [5, 5.41) is 7.02. The summed E-state index contributed by atoms with van der Waals surface area (Å²) < 4.78 is 1.73. The van der Waals surface area contributed by atoms with Crippen LogP contribution in [0, 0.1) is 0 Å². The summed E-state index contributed by atoms with van der Waals surface area (Å²) in [6, 6.07) is 2.06. The zero-order valence-electron chi connectivity index (χ0n) is 11.3. The molecule has 0 spiro atoms. The third-order valence-electron chi connectivity index (χ3n) is 3.50. The molecule has 0 saturated heterocycles. The maximum Gasteiger partial charge on any atom is 0.261 e. The first-order chi connectivity index (χ1) is 9.72. The Morgan fingerprint density at radius 3 is 3.05 bits per heavy atom. The average molecular weight is 290 g/mol. The van der Waals surface area contributed by atoms with E-state index >= 15 is 0 Å². The van der Waals surface area contributed by atoms with Crippen LogP contribution in [0.15, 0.2) is 18.5 Å². The van der Waals surface area contributed by atoms with Crippen LogP contribution in [0.5, 0.6) is 0 Å². The van der Waals surface area contributed by atoms with Crippen molar-refractivity contribution in [2.24, 2.45) is 0 Å². The number of carbonyl (C=O) groups excluding carboxylic acids is 1. The van der Waals surface area contributed by atoms with Crippen LogP contribution in [0.3, 0.4) is 0 Å². The monoisotopic (exact) mass is 290 g/mol. The van der Waals surface area contributed by atoms with Gasteiger partial charge in [-0.3, -0.25) is 9.48 Å². The largest absolute Gasteiger partial charge is 0.396 e. The van der Waals surface area contributed by atoms with E-state index in [0.29, 0.717) is 18.8 Å². The summed E-state index contributed by atoms with van der Waals surface area (Å²) in [6.07, 6.45) is 8.09. The molecule has 0 atom stereocenters. The van der Waals surface area contributed by atoms with Gasteiger partial charge in [0.15, 0.2) is 0 Å². The molecule has 0 bridgehead atoms. The van der Waals surface area contributed by atoms with Gasteiger partial charge in [0.2, 0.25) is 0 Å². The second-order valence-corrected chi connectivity index (χ2v) is 6.20. The van der Waals surface area contributed by atoms with E-state index in [-0.39, 0.29) is 5.91 Å². The quantitative estimate of drug-likeness (QED) is 0.902. The number of hydrogen-bond acceptors (Lipinski definition) is 4. The highest BCUT2D eigenvalue weighted by Gasteiger charge is 2.16. The number of rotatable bonds is 4. The van der Waals surface area contributed by atoms with Crippen LogP contribution in [0.25, 0.3) is 0 Å². The fraction of sp³-hybridized carbons (Fsp3) is 0.429. The highest BCUT2D eigenvalue weighted by Crippen LogP contribution is 2.29. The molecular formula is C14H18N4OS. The maximum atomic E-state index is 12.1. The lowest BCUT2D eigenvalue weighted by atomic mass is 9.99. The lowest BCUT2D eigenvalue weighted by Crippen LogP contribution is -2.26. The van der Waals surface area contributed by atoms with Gasteiger partial charge < -0.3 is 11.1 Å². The molecule has 1 aliphatic rings. The van der Waals surface area contributed by atoms with E-state index in [2.05, 4.69) is 16.5 Å². The fourth-order valence-corrected chi connectivity index (χ4v) is 3.65. The Morgan fingerprint density at radius 2 is 2.30 bits per heavy atom. The van der Waals surface area contributed by atoms with Gasteiger partial charge >= 0.3 is 0 Å². The second kappa shape index (κ2) is 5.66. The molecule has 106 valence electrons. The minimum absolute atomic E-state index is 0.0181. The molecule has 20 heavy (non-hydrogen) atoms. The molecule has 1 amide bonds. The molecule has 0 aromatic carbocycles. The first-order valence-corrected chi connectivity index (χ1v) is 7.72. The molecule has 2 aromatic heterocycles. The SMILES string of the molecule is Nc1cnn(CCNC(=O)c2cc3c(s2)CCCC3)c1. The van der Waals surface area contributed by atoms with E-state index in [1.54, 1.807) is 28.4 Å². The third kappa shape index (κ3) is 2.85. The molecular weight excluding hydrogens is 272 g/mol. The summed E-state index contributed by atoms with van der Waals surface area (Å²) >= 11 is 1.64. The Labute approximate surface area is 121 Å². The van der Waals surface area contributed by atoms with Crippen molar-refractivity contribution in [3.63, 3.8) is 0 Å². The topological polar surface area (TPSA) is 72.9 Å². The van der Waals surface area contributed by atoms with Gasteiger partial charge in [-0.05, 0) is 37.3 Å². The van der Waals surface area contributed by atoms with Gasteiger partial charge in [-0.2, -0.15) is 5.10 Å². The Hall–Kier alpha value is -1.82. The zero-order valence-corrected chi connectivity index (χ0v) is 12.1. The maximum absolute atomic E-state index is 12.1. The van der Waals surface area contributed by atoms with E-state index in [1.165, 1.54) is 23.3 Å². The number of hydrogen-bond donors (Lipinski definition) is 2. The van der Waals surface area contributed by atoms with Crippen molar-refractivity contribution in [2.75, 3.05) is 12.3 Å². The van der Waals surface area contributed by atoms with Gasteiger partial charge in [0.1, 0.15) is 0 Å². The van der Waals surface area contributed by atoms with Crippen molar-refractivity contribution < 1.29 is 4.79 Å². The number of anilines is 1. The van der Waals surface area contributed by atoms with Gasteiger partial charge in [0.25, 0.3) is 5.91 Å². The molecule has 3 N–H and O–H groups in total. The fourth-order valence-electron chi connectivity index (χ4n) is 2.48. The van der Waals surface area contributed by atoms with Crippen LogP contribution in [-0.4, -0.2) is 22.2 Å². The normalized spacial score (nSPS) is 14.0. The van der Waals surface area contributed by atoms with Gasteiger partial charge in [0.05, 0.1) is 23.3 Å². The zero-order chi connectivity index (χ0) is 13.9. The van der Waals surface area contributed by atoms with E-state index in [4.69, 9.17) is 5.73 Å². The van der Waals surface area contributed by atoms with Gasteiger partial charge in [0, 0.05) is 17.6 Å². The van der Waals surface area contributed by atoms with Crippen molar-refractivity contribution >= 4 is 22.9 Å². The number of nitrogens with one attached hydrogen (secondary N) is 1. The Kier molecular flexibility index (Phi) is 3.73. The summed E-state index contributed by atoms with van der Waals surface area (Å²) in [7, 11) is 0. The first-order valence-electron chi connectivity index (χ1n) is 6.90. The van der Waals surface area contributed by atoms with Crippen molar-refractivity contribution in [2.45, 2.75) is 32.2 Å². The van der Waals surface area contributed by atoms with Crippen LogP contribution >= 0.6 is 11.3 Å². The highest BCUT2D eigenvalue weighted by atomic mass is 32.1. The minimum Gasteiger partial charge on any atom is -0.396 e. The molecule has 0 radical (unpaired) electrons. The van der Waals surface area contributed by atoms with Crippen molar-refractivity contribution in [3.05, 3.63) is 33.8 Å². The minimum atomic E-state index is 0.0181. The number of thiophene rings is 1. The van der Waals surface area contributed by atoms with Crippen molar-refractivity contribution in [1.29, 1.82) is 0 Å². The molecule has 2 aromatic rings. The number of nitrogens with two attached hydrogens (primary N) is 1. The smallest absolute Gasteiger partial charge is 0.261 e. The summed E-state index contributed by atoms with van der Waals surface area (Å²) in [4.78, 5) is 14.3. The number of aryl methyl sites for hydroxylation is 2. The molecule has 1 aliphatic carbocycles. The van der Waals surface area contributed by atoms with Crippen LogP contribution in [0.1, 0.15) is 33.0 Å². The van der Waals surface area contributed by atoms with Gasteiger partial charge in [-0.15, -0.1) is 11.3 Å². The Balaban J connectivity index is 1.55. The van der Waals surface area contributed by atoms with E-state index in [0.717, 1.165) is 17.7 Å². The number of aromatic nitrogens is 2. The lowest BCUT2D eigenvalue weighted by molar-refractivity contribution is 0.0956. The molecule has 3 rings (SSSR count). The number of carbonyl (C=O) groups is 1. The Morgan fingerprint density at radius 1 is 1.45 bits per heavy atom. The average Bonchev–Trinajstić information content (AvgIpc) is 3.04. The van der Waals surface area contributed by atoms with Crippen LogP contribution < -0.4 is 11.1 Å². The van der Waals surface area contributed by atoms with Crippen LogP contribution in [-0.2, 0) is 19.4 Å².